The number of halogens is 2. The number of benzene rings is 2. The molecule has 1 N–H and O–H groups in total. The molecule has 4 rings (SSSR count). The van der Waals surface area contributed by atoms with Crippen LogP contribution in [0.4, 0.5) is 0 Å². The highest BCUT2D eigenvalue weighted by Crippen LogP contribution is 2.38. The second kappa shape index (κ2) is 6.96. The molecular formula is C18H12Cl2N4S. The van der Waals surface area contributed by atoms with E-state index in [0.29, 0.717) is 5.82 Å². The van der Waals surface area contributed by atoms with Gasteiger partial charge in [0.1, 0.15) is 0 Å². The Labute approximate surface area is 158 Å². The molecular weight excluding hydrogens is 375 g/mol. The third-order valence-electron chi connectivity index (χ3n) is 3.80. The van der Waals surface area contributed by atoms with Crippen molar-refractivity contribution >= 4 is 34.5 Å². The van der Waals surface area contributed by atoms with Crippen molar-refractivity contribution in [2.75, 3.05) is 0 Å². The van der Waals surface area contributed by atoms with E-state index in [-0.39, 0.29) is 0 Å². The zero-order chi connectivity index (χ0) is 17.2. The highest BCUT2D eigenvalue weighted by atomic mass is 35.5. The van der Waals surface area contributed by atoms with E-state index in [4.69, 9.17) is 23.2 Å². The van der Waals surface area contributed by atoms with Crippen molar-refractivity contribution in [1.82, 2.24) is 20.6 Å². The van der Waals surface area contributed by atoms with Crippen LogP contribution in [0, 0.1) is 0 Å². The van der Waals surface area contributed by atoms with Gasteiger partial charge in [0.05, 0.1) is 4.88 Å². The standard InChI is InChI=1S/C18H12Cl2N4S/c19-14-5-1-11(2-6-14)9-13-10-16(18-21-23-24-22-18)25-17(13)12-3-7-15(20)8-4-12/h1-8,10H,9H2,(H,21,22,23,24). The lowest BCUT2D eigenvalue weighted by atomic mass is 10.0. The lowest BCUT2D eigenvalue weighted by Crippen LogP contribution is -1.88. The number of H-pyrrole nitrogens is 1. The first kappa shape index (κ1) is 16.3. The van der Waals surface area contributed by atoms with Crippen LogP contribution in [0.5, 0.6) is 0 Å². The number of nitrogens with one attached hydrogen (secondary N) is 1. The largest absolute Gasteiger partial charge is 0.238 e. The quantitative estimate of drug-likeness (QED) is 0.504. The van der Waals surface area contributed by atoms with E-state index in [1.54, 1.807) is 11.3 Å². The third kappa shape index (κ3) is 3.58. The summed E-state index contributed by atoms with van der Waals surface area (Å²) < 4.78 is 0. The third-order valence-corrected chi connectivity index (χ3v) is 5.54. The molecule has 0 atom stereocenters. The van der Waals surface area contributed by atoms with Crippen molar-refractivity contribution in [3.63, 3.8) is 0 Å². The van der Waals surface area contributed by atoms with E-state index in [0.717, 1.165) is 26.9 Å². The maximum absolute atomic E-state index is 6.03. The summed E-state index contributed by atoms with van der Waals surface area (Å²) in [6.07, 6.45) is 0.799. The molecule has 0 saturated carbocycles. The van der Waals surface area contributed by atoms with Crippen LogP contribution >= 0.6 is 34.5 Å². The Balaban J connectivity index is 1.77. The minimum absolute atomic E-state index is 0.669. The minimum atomic E-state index is 0.669. The Hall–Kier alpha value is -2.21. The van der Waals surface area contributed by atoms with Gasteiger partial charge in [-0.2, -0.15) is 0 Å². The molecule has 0 aliphatic carbocycles. The summed E-state index contributed by atoms with van der Waals surface area (Å²) in [5.41, 5.74) is 3.53. The second-order valence-corrected chi connectivity index (χ2v) is 7.45. The monoisotopic (exact) mass is 386 g/mol. The second-order valence-electron chi connectivity index (χ2n) is 5.53. The maximum Gasteiger partial charge on any atom is 0.189 e. The molecule has 0 radical (unpaired) electrons. The molecule has 0 unspecified atom stereocenters. The van der Waals surface area contributed by atoms with Crippen molar-refractivity contribution in [3.05, 3.63) is 75.8 Å². The first-order valence-electron chi connectivity index (χ1n) is 7.56. The number of thiophene rings is 1. The number of aromatic amines is 1. The Morgan fingerprint density at radius 2 is 1.60 bits per heavy atom. The summed E-state index contributed by atoms with van der Waals surface area (Å²) in [6.45, 7) is 0. The van der Waals surface area contributed by atoms with Gasteiger partial charge in [0.25, 0.3) is 0 Å². The molecule has 25 heavy (non-hydrogen) atoms. The summed E-state index contributed by atoms with van der Waals surface area (Å²) in [4.78, 5) is 2.18. The van der Waals surface area contributed by atoms with Gasteiger partial charge in [-0.05, 0) is 63.9 Å². The lowest BCUT2D eigenvalue weighted by molar-refractivity contribution is 0.881. The molecule has 0 spiro atoms. The SMILES string of the molecule is Clc1ccc(Cc2cc(-c3nnn[nH]3)sc2-c2ccc(Cl)cc2)cc1. The summed E-state index contributed by atoms with van der Waals surface area (Å²) in [7, 11) is 0. The smallest absolute Gasteiger partial charge is 0.189 e. The highest BCUT2D eigenvalue weighted by molar-refractivity contribution is 7.19. The van der Waals surface area contributed by atoms with E-state index >= 15 is 0 Å². The van der Waals surface area contributed by atoms with E-state index in [1.165, 1.54) is 16.0 Å². The first-order chi connectivity index (χ1) is 12.2. The molecule has 0 aliphatic rings. The Bertz CT molecular complexity index is 977. The van der Waals surface area contributed by atoms with E-state index in [2.05, 4.69) is 26.7 Å². The number of aromatic nitrogens is 4. The van der Waals surface area contributed by atoms with E-state index in [9.17, 15) is 0 Å². The average molecular weight is 387 g/mol. The van der Waals surface area contributed by atoms with Gasteiger partial charge in [0, 0.05) is 14.9 Å². The number of nitrogens with zero attached hydrogens (tertiary/aromatic N) is 3. The number of hydrogen-bond acceptors (Lipinski definition) is 4. The van der Waals surface area contributed by atoms with Crippen molar-refractivity contribution in [2.24, 2.45) is 0 Å². The van der Waals surface area contributed by atoms with Crippen LogP contribution in [-0.4, -0.2) is 20.6 Å². The molecule has 4 nitrogen and oxygen atoms in total. The van der Waals surface area contributed by atoms with Gasteiger partial charge < -0.3 is 0 Å². The Morgan fingerprint density at radius 1 is 0.920 bits per heavy atom. The molecule has 0 bridgehead atoms. The fourth-order valence-electron chi connectivity index (χ4n) is 2.61. The number of rotatable bonds is 4. The fraction of sp³-hybridized carbons (Fsp3) is 0.0556. The molecule has 2 aromatic heterocycles. The van der Waals surface area contributed by atoms with E-state index < -0.39 is 0 Å². The van der Waals surface area contributed by atoms with Crippen LogP contribution in [0.1, 0.15) is 11.1 Å². The first-order valence-corrected chi connectivity index (χ1v) is 9.13. The van der Waals surface area contributed by atoms with Gasteiger partial charge >= 0.3 is 0 Å². The van der Waals surface area contributed by atoms with Crippen LogP contribution in [-0.2, 0) is 6.42 Å². The van der Waals surface area contributed by atoms with Crippen LogP contribution in [0.3, 0.4) is 0 Å². The topological polar surface area (TPSA) is 54.5 Å². The number of hydrogen-bond donors (Lipinski definition) is 1. The van der Waals surface area contributed by atoms with Crippen molar-refractivity contribution in [3.8, 4) is 21.1 Å². The number of tetrazole rings is 1. The predicted octanol–water partition coefficient (Wildman–Crippen LogP) is 5.49. The van der Waals surface area contributed by atoms with Gasteiger partial charge in [-0.1, -0.05) is 47.5 Å². The van der Waals surface area contributed by atoms with Crippen LogP contribution in [0.2, 0.25) is 10.0 Å². The molecule has 0 amide bonds. The molecule has 124 valence electrons. The molecule has 2 heterocycles. The van der Waals surface area contributed by atoms with Gasteiger partial charge in [0.2, 0.25) is 0 Å². The van der Waals surface area contributed by atoms with Crippen LogP contribution in [0.15, 0.2) is 54.6 Å². The minimum Gasteiger partial charge on any atom is -0.238 e. The zero-order valence-corrected chi connectivity index (χ0v) is 15.2. The molecule has 4 aromatic rings. The van der Waals surface area contributed by atoms with Crippen LogP contribution < -0.4 is 0 Å². The average Bonchev–Trinajstić information content (AvgIpc) is 3.27. The van der Waals surface area contributed by atoms with Crippen molar-refractivity contribution < 1.29 is 0 Å². The normalized spacial score (nSPS) is 11.0. The summed E-state index contributed by atoms with van der Waals surface area (Å²) in [5, 5.41) is 15.6. The summed E-state index contributed by atoms with van der Waals surface area (Å²) in [5.74, 6) is 0.669. The van der Waals surface area contributed by atoms with Crippen LogP contribution in [0.25, 0.3) is 21.1 Å². The zero-order valence-electron chi connectivity index (χ0n) is 12.9. The molecule has 7 heteroatoms. The Morgan fingerprint density at radius 3 is 2.24 bits per heavy atom. The molecule has 0 fully saturated rings. The molecule has 2 aromatic carbocycles. The van der Waals surface area contributed by atoms with Gasteiger partial charge in [-0.3, -0.25) is 0 Å². The fourth-order valence-corrected chi connectivity index (χ4v) is 3.98. The predicted molar refractivity (Wildman–Crippen MR) is 102 cm³/mol. The van der Waals surface area contributed by atoms with E-state index in [1.807, 2.05) is 48.5 Å². The molecule has 0 saturated heterocycles. The maximum atomic E-state index is 6.03. The molecule has 0 aliphatic heterocycles. The Kier molecular flexibility index (Phi) is 4.53. The summed E-state index contributed by atoms with van der Waals surface area (Å²) >= 11 is 13.7. The van der Waals surface area contributed by atoms with Gasteiger partial charge in [0.15, 0.2) is 5.82 Å². The van der Waals surface area contributed by atoms with Gasteiger partial charge in [-0.15, -0.1) is 16.4 Å². The highest BCUT2D eigenvalue weighted by Gasteiger charge is 2.15. The van der Waals surface area contributed by atoms with Gasteiger partial charge in [-0.25, -0.2) is 5.10 Å². The lowest BCUT2D eigenvalue weighted by Gasteiger charge is -2.05. The van der Waals surface area contributed by atoms with Crippen molar-refractivity contribution in [2.45, 2.75) is 6.42 Å². The summed E-state index contributed by atoms with van der Waals surface area (Å²) in [6, 6.07) is 17.9. The van der Waals surface area contributed by atoms with Crippen molar-refractivity contribution in [1.29, 1.82) is 0 Å².